The van der Waals surface area contributed by atoms with Crippen molar-refractivity contribution < 1.29 is 9.21 Å². The molecule has 158 valence electrons. The van der Waals surface area contributed by atoms with Crippen molar-refractivity contribution >= 4 is 41.5 Å². The van der Waals surface area contributed by atoms with Crippen molar-refractivity contribution in [2.24, 2.45) is 4.99 Å². The van der Waals surface area contributed by atoms with Crippen LogP contribution in [0.15, 0.2) is 82.4 Å². The van der Waals surface area contributed by atoms with Crippen LogP contribution in [0.5, 0.6) is 0 Å². The van der Waals surface area contributed by atoms with Crippen LogP contribution in [0.3, 0.4) is 0 Å². The number of halogens is 1. The van der Waals surface area contributed by atoms with E-state index in [9.17, 15) is 4.79 Å². The molecule has 0 aliphatic rings. The van der Waals surface area contributed by atoms with E-state index in [0.29, 0.717) is 12.2 Å². The lowest BCUT2D eigenvalue weighted by Gasteiger charge is -2.18. The molecule has 3 N–H and O–H groups in total. The zero-order valence-electron chi connectivity index (χ0n) is 17.1. The van der Waals surface area contributed by atoms with E-state index < -0.39 is 0 Å². The van der Waals surface area contributed by atoms with Gasteiger partial charge in [0.15, 0.2) is 11.7 Å². The van der Waals surface area contributed by atoms with E-state index in [1.807, 2.05) is 49.4 Å². The van der Waals surface area contributed by atoms with Crippen molar-refractivity contribution in [1.29, 1.82) is 0 Å². The fraction of sp³-hybridized carbons (Fsp3) is 0.217. The van der Waals surface area contributed by atoms with Crippen molar-refractivity contribution in [3.05, 3.63) is 89.9 Å². The second-order valence-corrected chi connectivity index (χ2v) is 6.60. The Balaban J connectivity index is 0.00000320. The van der Waals surface area contributed by atoms with Crippen LogP contribution in [0.1, 0.15) is 41.6 Å². The summed E-state index contributed by atoms with van der Waals surface area (Å²) in [5.41, 5.74) is 2.96. The first kappa shape index (κ1) is 23.5. The molecule has 0 fully saturated rings. The normalized spacial score (nSPS) is 11.9. The Hall–Kier alpha value is -2.81. The number of nitrogens with zero attached hydrogens (tertiary/aromatic N) is 1. The first-order valence-electron chi connectivity index (χ1n) is 9.69. The highest BCUT2D eigenvalue weighted by molar-refractivity contribution is 14.0. The van der Waals surface area contributed by atoms with Crippen LogP contribution in [-0.2, 0) is 6.54 Å². The number of hydrogen-bond acceptors (Lipinski definition) is 3. The summed E-state index contributed by atoms with van der Waals surface area (Å²) in [7, 11) is 0. The zero-order valence-corrected chi connectivity index (χ0v) is 19.4. The fourth-order valence-corrected chi connectivity index (χ4v) is 2.81. The van der Waals surface area contributed by atoms with Crippen LogP contribution in [0.4, 0.5) is 5.69 Å². The SMILES string of the molecule is CCNC(=NCc1ccc(NC(=O)c2ccco2)cc1)NC(C)c1ccccc1.I. The van der Waals surface area contributed by atoms with Gasteiger partial charge in [0, 0.05) is 12.2 Å². The molecule has 7 heteroatoms. The van der Waals surface area contributed by atoms with Crippen LogP contribution in [0.2, 0.25) is 0 Å². The molecule has 6 nitrogen and oxygen atoms in total. The molecule has 0 radical (unpaired) electrons. The monoisotopic (exact) mass is 518 g/mol. The first-order valence-corrected chi connectivity index (χ1v) is 9.69. The molecule has 0 aliphatic heterocycles. The highest BCUT2D eigenvalue weighted by Gasteiger charge is 2.09. The quantitative estimate of drug-likeness (QED) is 0.235. The second-order valence-electron chi connectivity index (χ2n) is 6.60. The highest BCUT2D eigenvalue weighted by Crippen LogP contribution is 2.13. The molecular formula is C23H27IN4O2. The summed E-state index contributed by atoms with van der Waals surface area (Å²) < 4.78 is 5.10. The van der Waals surface area contributed by atoms with Crippen molar-refractivity contribution in [2.45, 2.75) is 26.4 Å². The summed E-state index contributed by atoms with van der Waals surface area (Å²) >= 11 is 0. The van der Waals surface area contributed by atoms with Crippen molar-refractivity contribution in [2.75, 3.05) is 11.9 Å². The van der Waals surface area contributed by atoms with Gasteiger partial charge in [0.05, 0.1) is 18.8 Å². The maximum absolute atomic E-state index is 12.0. The largest absolute Gasteiger partial charge is 0.459 e. The number of carbonyl (C=O) groups is 1. The minimum atomic E-state index is -0.269. The van der Waals surface area contributed by atoms with Crippen molar-refractivity contribution in [3.63, 3.8) is 0 Å². The number of anilines is 1. The Labute approximate surface area is 194 Å². The van der Waals surface area contributed by atoms with Crippen LogP contribution < -0.4 is 16.0 Å². The van der Waals surface area contributed by atoms with Gasteiger partial charge in [-0.1, -0.05) is 42.5 Å². The Morgan fingerprint density at radius 1 is 1.03 bits per heavy atom. The number of benzene rings is 2. The number of aliphatic imine (C=N–C) groups is 1. The average Bonchev–Trinajstić information content (AvgIpc) is 3.29. The Bertz CT molecular complexity index is 926. The lowest BCUT2D eigenvalue weighted by atomic mass is 10.1. The summed E-state index contributed by atoms with van der Waals surface area (Å²) in [6.07, 6.45) is 1.48. The van der Waals surface area contributed by atoms with Gasteiger partial charge in [0.1, 0.15) is 0 Å². The van der Waals surface area contributed by atoms with Gasteiger partial charge >= 0.3 is 0 Å². The van der Waals surface area contributed by atoms with Gasteiger partial charge in [-0.3, -0.25) is 4.79 Å². The highest BCUT2D eigenvalue weighted by atomic mass is 127. The predicted molar refractivity (Wildman–Crippen MR) is 131 cm³/mol. The Morgan fingerprint density at radius 2 is 1.77 bits per heavy atom. The standard InChI is InChI=1S/C23H26N4O2.HI/c1-3-24-23(26-17(2)19-8-5-4-6-9-19)25-16-18-11-13-20(14-12-18)27-22(28)21-10-7-15-29-21;/h4-15,17H,3,16H2,1-2H3,(H,27,28)(H2,24,25,26);1H. The summed E-state index contributed by atoms with van der Waals surface area (Å²) in [4.78, 5) is 16.7. The van der Waals surface area contributed by atoms with E-state index in [1.165, 1.54) is 11.8 Å². The Morgan fingerprint density at radius 3 is 2.40 bits per heavy atom. The van der Waals surface area contributed by atoms with Gasteiger partial charge in [-0.2, -0.15) is 0 Å². The minimum absolute atomic E-state index is 0. The molecule has 1 aromatic heterocycles. The summed E-state index contributed by atoms with van der Waals surface area (Å²) in [6.45, 7) is 5.47. The van der Waals surface area contributed by atoms with Gasteiger partial charge in [-0.25, -0.2) is 4.99 Å². The van der Waals surface area contributed by atoms with Gasteiger partial charge in [0.25, 0.3) is 5.91 Å². The van der Waals surface area contributed by atoms with Gasteiger partial charge < -0.3 is 20.4 Å². The third-order valence-electron chi connectivity index (χ3n) is 4.37. The number of furan rings is 1. The van der Waals surface area contributed by atoms with Crippen LogP contribution in [-0.4, -0.2) is 18.4 Å². The molecule has 0 saturated carbocycles. The number of amides is 1. The molecule has 1 amide bonds. The molecule has 30 heavy (non-hydrogen) atoms. The second kappa shape index (κ2) is 12.0. The van der Waals surface area contributed by atoms with Crippen LogP contribution in [0.25, 0.3) is 0 Å². The zero-order chi connectivity index (χ0) is 20.5. The lowest BCUT2D eigenvalue weighted by molar-refractivity contribution is 0.0996. The number of guanidine groups is 1. The fourth-order valence-electron chi connectivity index (χ4n) is 2.81. The van der Waals surface area contributed by atoms with Crippen LogP contribution in [0, 0.1) is 0 Å². The maximum atomic E-state index is 12.0. The Kier molecular flexibility index (Phi) is 9.40. The maximum Gasteiger partial charge on any atom is 0.291 e. The molecule has 0 bridgehead atoms. The third kappa shape index (κ3) is 6.91. The van der Waals surface area contributed by atoms with E-state index in [-0.39, 0.29) is 41.7 Å². The van der Waals surface area contributed by atoms with Crippen molar-refractivity contribution in [1.82, 2.24) is 10.6 Å². The van der Waals surface area contributed by atoms with E-state index >= 15 is 0 Å². The van der Waals surface area contributed by atoms with Gasteiger partial charge in [0.2, 0.25) is 0 Å². The molecule has 1 unspecified atom stereocenters. The number of rotatable bonds is 7. The molecule has 1 heterocycles. The third-order valence-corrected chi connectivity index (χ3v) is 4.37. The minimum Gasteiger partial charge on any atom is -0.459 e. The number of carbonyl (C=O) groups excluding carboxylic acids is 1. The van der Waals surface area contributed by atoms with Gasteiger partial charge in [-0.15, -0.1) is 24.0 Å². The smallest absolute Gasteiger partial charge is 0.291 e. The van der Waals surface area contributed by atoms with Crippen LogP contribution >= 0.6 is 24.0 Å². The molecule has 0 saturated heterocycles. The summed E-state index contributed by atoms with van der Waals surface area (Å²) in [5, 5.41) is 9.51. The topological polar surface area (TPSA) is 78.7 Å². The van der Waals surface area contributed by atoms with Gasteiger partial charge in [-0.05, 0) is 49.2 Å². The molecule has 1 atom stereocenters. The molecule has 3 rings (SSSR count). The molecule has 2 aromatic carbocycles. The molecule has 0 spiro atoms. The lowest BCUT2D eigenvalue weighted by Crippen LogP contribution is -2.38. The van der Waals surface area contributed by atoms with E-state index in [1.54, 1.807) is 12.1 Å². The number of hydrogen-bond donors (Lipinski definition) is 3. The predicted octanol–water partition coefficient (Wildman–Crippen LogP) is 4.97. The molecular weight excluding hydrogens is 491 g/mol. The van der Waals surface area contributed by atoms with Crippen molar-refractivity contribution in [3.8, 4) is 0 Å². The van der Waals surface area contributed by atoms with E-state index in [4.69, 9.17) is 4.42 Å². The average molecular weight is 518 g/mol. The molecule has 0 aliphatic carbocycles. The van der Waals surface area contributed by atoms with E-state index in [0.717, 1.165) is 18.1 Å². The summed E-state index contributed by atoms with van der Waals surface area (Å²) in [5.74, 6) is 0.779. The number of nitrogens with one attached hydrogen (secondary N) is 3. The first-order chi connectivity index (χ1) is 14.2. The molecule has 3 aromatic rings. The summed E-state index contributed by atoms with van der Waals surface area (Å²) in [6, 6.07) is 21.3. The van der Waals surface area contributed by atoms with E-state index in [2.05, 4.69) is 40.0 Å².